The van der Waals surface area contributed by atoms with E-state index in [0.29, 0.717) is 6.04 Å². The van der Waals surface area contributed by atoms with Gasteiger partial charge >= 0.3 is 0 Å². The van der Waals surface area contributed by atoms with E-state index in [1.54, 1.807) is 0 Å². The van der Waals surface area contributed by atoms with Crippen LogP contribution in [0.25, 0.3) is 0 Å². The molecule has 1 aliphatic rings. The van der Waals surface area contributed by atoms with Crippen molar-refractivity contribution in [1.82, 2.24) is 15.5 Å². The van der Waals surface area contributed by atoms with Gasteiger partial charge in [0.15, 0.2) is 0 Å². The SMILES string of the molecule is CNCC(CNC1CCCN(C)C1)C(C)C. The van der Waals surface area contributed by atoms with Gasteiger partial charge in [0, 0.05) is 12.6 Å². The van der Waals surface area contributed by atoms with E-state index >= 15 is 0 Å². The number of likely N-dealkylation sites (tertiary alicyclic amines) is 1. The molecule has 3 heteroatoms. The first-order valence-electron chi connectivity index (χ1n) is 6.70. The Labute approximate surface area is 101 Å². The lowest BCUT2D eigenvalue weighted by Gasteiger charge is -2.32. The number of hydrogen-bond donors (Lipinski definition) is 2. The Balaban J connectivity index is 2.25. The normalized spacial score (nSPS) is 24.9. The van der Waals surface area contributed by atoms with Crippen LogP contribution in [0.3, 0.4) is 0 Å². The number of hydrogen-bond acceptors (Lipinski definition) is 3. The first-order valence-corrected chi connectivity index (χ1v) is 6.70. The molecule has 0 radical (unpaired) electrons. The van der Waals surface area contributed by atoms with Crippen molar-refractivity contribution in [2.75, 3.05) is 40.3 Å². The summed E-state index contributed by atoms with van der Waals surface area (Å²) in [7, 11) is 4.27. The van der Waals surface area contributed by atoms with Gasteiger partial charge in [-0.25, -0.2) is 0 Å². The molecule has 16 heavy (non-hydrogen) atoms. The Morgan fingerprint density at radius 2 is 2.06 bits per heavy atom. The van der Waals surface area contributed by atoms with E-state index in [-0.39, 0.29) is 0 Å². The van der Waals surface area contributed by atoms with Gasteiger partial charge < -0.3 is 15.5 Å². The lowest BCUT2D eigenvalue weighted by atomic mass is 9.95. The largest absolute Gasteiger partial charge is 0.319 e. The van der Waals surface area contributed by atoms with Crippen molar-refractivity contribution in [2.24, 2.45) is 11.8 Å². The molecule has 1 fully saturated rings. The molecule has 2 unspecified atom stereocenters. The highest BCUT2D eigenvalue weighted by atomic mass is 15.1. The zero-order valence-electron chi connectivity index (χ0n) is 11.4. The summed E-state index contributed by atoms with van der Waals surface area (Å²) in [4.78, 5) is 2.43. The fourth-order valence-electron chi connectivity index (χ4n) is 2.46. The van der Waals surface area contributed by atoms with Gasteiger partial charge in [-0.15, -0.1) is 0 Å². The number of nitrogens with one attached hydrogen (secondary N) is 2. The third-order valence-electron chi connectivity index (χ3n) is 3.70. The zero-order chi connectivity index (χ0) is 12.0. The Hall–Kier alpha value is -0.120. The van der Waals surface area contributed by atoms with Gasteiger partial charge in [-0.1, -0.05) is 13.8 Å². The molecule has 1 saturated heterocycles. The topological polar surface area (TPSA) is 27.3 Å². The fourth-order valence-corrected chi connectivity index (χ4v) is 2.46. The Bertz CT molecular complexity index is 182. The van der Waals surface area contributed by atoms with Gasteiger partial charge in [0.1, 0.15) is 0 Å². The maximum atomic E-state index is 3.74. The smallest absolute Gasteiger partial charge is 0.0195 e. The summed E-state index contributed by atoms with van der Waals surface area (Å²) in [5.74, 6) is 1.50. The third kappa shape index (κ3) is 4.81. The number of nitrogens with zero attached hydrogens (tertiary/aromatic N) is 1. The van der Waals surface area contributed by atoms with Gasteiger partial charge in [-0.05, 0) is 58.4 Å². The predicted molar refractivity (Wildman–Crippen MR) is 70.8 cm³/mol. The highest BCUT2D eigenvalue weighted by molar-refractivity contribution is 4.78. The Kier molecular flexibility index (Phi) is 6.32. The van der Waals surface area contributed by atoms with Crippen molar-refractivity contribution < 1.29 is 0 Å². The van der Waals surface area contributed by atoms with Crippen LogP contribution in [-0.2, 0) is 0 Å². The summed E-state index contributed by atoms with van der Waals surface area (Å²) in [6.07, 6.45) is 2.68. The van der Waals surface area contributed by atoms with Crippen LogP contribution in [-0.4, -0.2) is 51.2 Å². The summed E-state index contributed by atoms with van der Waals surface area (Å²) in [5, 5.41) is 7.03. The molecule has 3 nitrogen and oxygen atoms in total. The molecule has 0 bridgehead atoms. The maximum Gasteiger partial charge on any atom is 0.0195 e. The van der Waals surface area contributed by atoms with E-state index < -0.39 is 0 Å². The van der Waals surface area contributed by atoms with Gasteiger partial charge in [-0.3, -0.25) is 0 Å². The lowest BCUT2D eigenvalue weighted by Crippen LogP contribution is -2.46. The molecule has 1 aliphatic heterocycles. The first kappa shape index (κ1) is 13.9. The van der Waals surface area contributed by atoms with E-state index in [9.17, 15) is 0 Å². The lowest BCUT2D eigenvalue weighted by molar-refractivity contribution is 0.215. The molecule has 2 atom stereocenters. The van der Waals surface area contributed by atoms with Crippen molar-refractivity contribution >= 4 is 0 Å². The maximum absolute atomic E-state index is 3.74. The predicted octanol–water partition coefficient (Wildman–Crippen LogP) is 1.16. The molecular weight excluding hydrogens is 198 g/mol. The van der Waals surface area contributed by atoms with Crippen LogP contribution in [0.2, 0.25) is 0 Å². The van der Waals surface area contributed by atoms with E-state index in [0.717, 1.165) is 24.9 Å². The van der Waals surface area contributed by atoms with E-state index in [1.165, 1.54) is 25.9 Å². The molecule has 0 amide bonds. The molecule has 2 N–H and O–H groups in total. The minimum Gasteiger partial charge on any atom is -0.319 e. The van der Waals surface area contributed by atoms with Crippen molar-refractivity contribution in [1.29, 1.82) is 0 Å². The van der Waals surface area contributed by atoms with Crippen LogP contribution in [0.5, 0.6) is 0 Å². The first-order chi connectivity index (χ1) is 7.63. The van der Waals surface area contributed by atoms with Crippen LogP contribution >= 0.6 is 0 Å². The number of piperidine rings is 1. The third-order valence-corrected chi connectivity index (χ3v) is 3.70. The molecule has 0 aromatic rings. The summed E-state index contributed by atoms with van der Waals surface area (Å²) in [5.41, 5.74) is 0. The zero-order valence-corrected chi connectivity index (χ0v) is 11.4. The molecule has 0 aromatic carbocycles. The molecule has 0 spiro atoms. The van der Waals surface area contributed by atoms with Crippen LogP contribution in [0.1, 0.15) is 26.7 Å². The van der Waals surface area contributed by atoms with E-state index in [2.05, 4.69) is 36.4 Å². The molecular formula is C13H29N3. The van der Waals surface area contributed by atoms with Crippen molar-refractivity contribution in [3.63, 3.8) is 0 Å². The average Bonchev–Trinajstić information content (AvgIpc) is 2.24. The molecule has 0 aliphatic carbocycles. The minimum atomic E-state index is 0.705. The average molecular weight is 227 g/mol. The van der Waals surface area contributed by atoms with Gasteiger partial charge in [0.05, 0.1) is 0 Å². The van der Waals surface area contributed by atoms with Gasteiger partial charge in [0.2, 0.25) is 0 Å². The molecule has 0 saturated carbocycles. The Morgan fingerprint density at radius 3 is 2.62 bits per heavy atom. The second kappa shape index (κ2) is 7.25. The highest BCUT2D eigenvalue weighted by Crippen LogP contribution is 2.11. The van der Waals surface area contributed by atoms with Crippen molar-refractivity contribution in [2.45, 2.75) is 32.7 Å². The second-order valence-electron chi connectivity index (χ2n) is 5.57. The number of rotatable bonds is 6. The molecule has 96 valence electrons. The van der Waals surface area contributed by atoms with Crippen LogP contribution < -0.4 is 10.6 Å². The summed E-state index contributed by atoms with van der Waals surface area (Å²) in [6.45, 7) is 9.38. The highest BCUT2D eigenvalue weighted by Gasteiger charge is 2.19. The molecule has 0 aromatic heterocycles. The monoisotopic (exact) mass is 227 g/mol. The van der Waals surface area contributed by atoms with E-state index in [1.807, 2.05) is 7.05 Å². The molecule has 1 rings (SSSR count). The number of likely N-dealkylation sites (N-methyl/N-ethyl adjacent to an activating group) is 1. The van der Waals surface area contributed by atoms with Gasteiger partial charge in [0.25, 0.3) is 0 Å². The van der Waals surface area contributed by atoms with Crippen molar-refractivity contribution in [3.8, 4) is 0 Å². The minimum absolute atomic E-state index is 0.705. The second-order valence-corrected chi connectivity index (χ2v) is 5.57. The van der Waals surface area contributed by atoms with Crippen molar-refractivity contribution in [3.05, 3.63) is 0 Å². The molecule has 1 heterocycles. The Morgan fingerprint density at radius 1 is 1.31 bits per heavy atom. The summed E-state index contributed by atoms with van der Waals surface area (Å²) < 4.78 is 0. The van der Waals surface area contributed by atoms with Gasteiger partial charge in [-0.2, -0.15) is 0 Å². The quantitative estimate of drug-likeness (QED) is 0.713. The summed E-state index contributed by atoms with van der Waals surface area (Å²) in [6, 6.07) is 0.705. The summed E-state index contributed by atoms with van der Waals surface area (Å²) >= 11 is 0. The van der Waals surface area contributed by atoms with Crippen LogP contribution in [0.15, 0.2) is 0 Å². The van der Waals surface area contributed by atoms with Crippen LogP contribution in [0.4, 0.5) is 0 Å². The fraction of sp³-hybridized carbons (Fsp3) is 1.00. The van der Waals surface area contributed by atoms with Crippen LogP contribution in [0, 0.1) is 11.8 Å². The van der Waals surface area contributed by atoms with E-state index in [4.69, 9.17) is 0 Å². The standard InChI is InChI=1S/C13H29N3/c1-11(2)12(8-14-3)9-15-13-6-5-7-16(4)10-13/h11-15H,5-10H2,1-4H3.